The first kappa shape index (κ1) is 11.9. The summed E-state index contributed by atoms with van der Waals surface area (Å²) in [6, 6.07) is 2.31. The number of nitrogen functional groups attached to an aromatic ring is 1. The fourth-order valence-electron chi connectivity index (χ4n) is 3.41. The fourth-order valence-corrected chi connectivity index (χ4v) is 3.41. The molecule has 0 aliphatic carbocycles. The Morgan fingerprint density at radius 2 is 2.44 bits per heavy atom. The zero-order valence-corrected chi connectivity index (χ0v) is 10.8. The molecule has 0 radical (unpaired) electrons. The van der Waals surface area contributed by atoms with Crippen LogP contribution in [-0.4, -0.2) is 30.3 Å². The van der Waals surface area contributed by atoms with Crippen molar-refractivity contribution in [2.75, 3.05) is 12.8 Å². The molecule has 1 aromatic rings. The van der Waals surface area contributed by atoms with Crippen molar-refractivity contribution in [2.24, 2.45) is 5.92 Å². The van der Waals surface area contributed by atoms with E-state index in [1.807, 2.05) is 19.3 Å². The third kappa shape index (κ3) is 2.10. The van der Waals surface area contributed by atoms with E-state index in [4.69, 9.17) is 10.5 Å². The quantitative estimate of drug-likeness (QED) is 0.843. The summed E-state index contributed by atoms with van der Waals surface area (Å²) in [6.07, 6.45) is 9.17. The minimum absolute atomic E-state index is 0.437. The van der Waals surface area contributed by atoms with Crippen molar-refractivity contribution in [2.45, 2.75) is 43.9 Å². The summed E-state index contributed by atoms with van der Waals surface area (Å²) in [5.41, 5.74) is 7.98. The lowest BCUT2D eigenvalue weighted by Crippen LogP contribution is -2.40. The molecule has 18 heavy (non-hydrogen) atoms. The monoisotopic (exact) mass is 247 g/mol. The predicted octanol–water partition coefficient (Wildman–Crippen LogP) is 1.36. The first-order valence-corrected chi connectivity index (χ1v) is 6.79. The van der Waals surface area contributed by atoms with Gasteiger partial charge in [0.25, 0.3) is 0 Å². The van der Waals surface area contributed by atoms with Crippen molar-refractivity contribution in [3.8, 4) is 0 Å². The molecule has 4 heteroatoms. The lowest BCUT2D eigenvalue weighted by atomic mass is 9.81. The van der Waals surface area contributed by atoms with Crippen LogP contribution in [0.1, 0.15) is 24.8 Å². The molecule has 0 aromatic carbocycles. The molecule has 1 aromatic heterocycles. The van der Waals surface area contributed by atoms with Crippen molar-refractivity contribution >= 4 is 5.69 Å². The second-order valence-corrected chi connectivity index (χ2v) is 5.45. The maximum Gasteiger partial charge on any atom is 0.0623 e. The average molecular weight is 247 g/mol. The molecule has 4 atom stereocenters. The number of likely N-dealkylation sites (N-methyl/N-ethyl adjacent to an activating group) is 1. The van der Waals surface area contributed by atoms with E-state index in [1.165, 1.54) is 19.3 Å². The zero-order chi connectivity index (χ0) is 12.5. The molecule has 2 fully saturated rings. The number of nitrogens with two attached hydrogens (primary N) is 1. The maximum atomic E-state index is 6.00. The molecule has 3 N–H and O–H groups in total. The molecule has 2 aliphatic heterocycles. The maximum absolute atomic E-state index is 6.00. The number of nitrogens with zero attached hydrogens (tertiary/aromatic N) is 1. The highest BCUT2D eigenvalue weighted by Crippen LogP contribution is 2.41. The van der Waals surface area contributed by atoms with E-state index in [1.54, 1.807) is 6.20 Å². The van der Waals surface area contributed by atoms with Gasteiger partial charge in [-0.2, -0.15) is 0 Å². The van der Waals surface area contributed by atoms with Crippen LogP contribution in [0, 0.1) is 5.92 Å². The molecule has 0 amide bonds. The number of fused-ring (bicyclic) bond motifs is 2. The first-order chi connectivity index (χ1) is 8.78. The summed E-state index contributed by atoms with van der Waals surface area (Å²) in [4.78, 5) is 4.17. The van der Waals surface area contributed by atoms with Gasteiger partial charge in [-0.25, -0.2) is 0 Å². The molecule has 0 saturated carbocycles. The molecule has 4 unspecified atom stereocenters. The van der Waals surface area contributed by atoms with E-state index in [2.05, 4.69) is 10.3 Å². The van der Waals surface area contributed by atoms with E-state index >= 15 is 0 Å². The Balaban J connectivity index is 1.72. The Morgan fingerprint density at radius 3 is 3.06 bits per heavy atom. The van der Waals surface area contributed by atoms with Crippen molar-refractivity contribution in [3.05, 3.63) is 24.0 Å². The van der Waals surface area contributed by atoms with E-state index in [-0.39, 0.29) is 0 Å². The van der Waals surface area contributed by atoms with Crippen molar-refractivity contribution < 1.29 is 4.74 Å². The minimum atomic E-state index is 0.437. The van der Waals surface area contributed by atoms with Gasteiger partial charge in [0.05, 0.1) is 12.2 Å². The number of hydrogen-bond donors (Lipinski definition) is 2. The fraction of sp³-hybridized carbons (Fsp3) is 0.643. The summed E-state index contributed by atoms with van der Waals surface area (Å²) < 4.78 is 5.95. The zero-order valence-electron chi connectivity index (χ0n) is 10.8. The molecule has 2 saturated heterocycles. The molecule has 98 valence electrons. The van der Waals surface area contributed by atoms with Gasteiger partial charge in [-0.05, 0) is 44.4 Å². The number of pyridine rings is 1. The molecule has 2 bridgehead atoms. The van der Waals surface area contributed by atoms with Gasteiger partial charge in [-0.3, -0.25) is 4.98 Å². The number of hydrogen-bond acceptors (Lipinski definition) is 4. The molecular weight excluding hydrogens is 226 g/mol. The predicted molar refractivity (Wildman–Crippen MR) is 71.2 cm³/mol. The van der Waals surface area contributed by atoms with E-state index in [0.717, 1.165) is 17.7 Å². The molecular formula is C14H21N3O. The molecule has 3 rings (SSSR count). The van der Waals surface area contributed by atoms with Crippen LogP contribution >= 0.6 is 0 Å². The Morgan fingerprint density at radius 1 is 1.56 bits per heavy atom. The van der Waals surface area contributed by atoms with Gasteiger partial charge >= 0.3 is 0 Å². The second-order valence-electron chi connectivity index (χ2n) is 5.45. The third-order valence-electron chi connectivity index (χ3n) is 4.42. The van der Waals surface area contributed by atoms with E-state index < -0.39 is 0 Å². The van der Waals surface area contributed by atoms with E-state index in [0.29, 0.717) is 24.2 Å². The molecule has 4 nitrogen and oxygen atoms in total. The third-order valence-corrected chi connectivity index (χ3v) is 4.42. The van der Waals surface area contributed by atoms with Gasteiger partial charge in [0.2, 0.25) is 0 Å². The number of aromatic nitrogens is 1. The van der Waals surface area contributed by atoms with Crippen molar-refractivity contribution in [1.82, 2.24) is 10.3 Å². The van der Waals surface area contributed by atoms with Crippen LogP contribution in [0.5, 0.6) is 0 Å². The second kappa shape index (κ2) is 4.86. The summed E-state index contributed by atoms with van der Waals surface area (Å²) in [5, 5.41) is 3.44. The summed E-state index contributed by atoms with van der Waals surface area (Å²) in [5.74, 6) is 0.619. The number of anilines is 1. The van der Waals surface area contributed by atoms with Crippen LogP contribution in [0.2, 0.25) is 0 Å². The Labute approximate surface area is 108 Å². The minimum Gasteiger partial charge on any atom is -0.398 e. The molecule has 0 spiro atoms. The van der Waals surface area contributed by atoms with Gasteiger partial charge in [0.1, 0.15) is 0 Å². The lowest BCUT2D eigenvalue weighted by molar-refractivity contribution is 0.0863. The molecule has 2 aliphatic rings. The van der Waals surface area contributed by atoms with Crippen LogP contribution in [0.4, 0.5) is 5.69 Å². The summed E-state index contributed by atoms with van der Waals surface area (Å²) >= 11 is 0. The smallest absolute Gasteiger partial charge is 0.0623 e. The summed E-state index contributed by atoms with van der Waals surface area (Å²) in [6.45, 7) is 0. The highest BCUT2D eigenvalue weighted by atomic mass is 16.5. The van der Waals surface area contributed by atoms with Crippen molar-refractivity contribution in [1.29, 1.82) is 0 Å². The standard InChI is InChI=1S/C14H21N3O/c1-16-13(6-9-8-17-5-4-12(9)15)11-7-10-2-3-14(11)18-10/h4-5,8,10-11,13-14,16H,2-3,6-7H2,1H3,(H2,15,17). The molecule has 3 heterocycles. The number of ether oxygens (including phenoxy) is 1. The first-order valence-electron chi connectivity index (χ1n) is 6.79. The largest absolute Gasteiger partial charge is 0.398 e. The van der Waals surface area contributed by atoms with Crippen LogP contribution < -0.4 is 11.1 Å². The van der Waals surface area contributed by atoms with Gasteiger partial charge in [0, 0.05) is 30.0 Å². The van der Waals surface area contributed by atoms with E-state index in [9.17, 15) is 0 Å². The Bertz CT molecular complexity index is 423. The number of nitrogens with one attached hydrogen (secondary N) is 1. The van der Waals surface area contributed by atoms with Gasteiger partial charge < -0.3 is 15.8 Å². The Kier molecular flexibility index (Phi) is 3.22. The van der Waals surface area contributed by atoms with Crippen LogP contribution in [0.25, 0.3) is 0 Å². The van der Waals surface area contributed by atoms with Gasteiger partial charge in [-0.15, -0.1) is 0 Å². The SMILES string of the molecule is CNC(Cc1cnccc1N)C1CC2CCC1O2. The number of rotatable bonds is 4. The average Bonchev–Trinajstić information content (AvgIpc) is 3.00. The Hall–Kier alpha value is -1.13. The van der Waals surface area contributed by atoms with Gasteiger partial charge in [0.15, 0.2) is 0 Å². The van der Waals surface area contributed by atoms with Crippen LogP contribution in [0.3, 0.4) is 0 Å². The van der Waals surface area contributed by atoms with Crippen LogP contribution in [0.15, 0.2) is 18.5 Å². The van der Waals surface area contributed by atoms with Gasteiger partial charge in [-0.1, -0.05) is 0 Å². The highest BCUT2D eigenvalue weighted by molar-refractivity contribution is 5.44. The lowest BCUT2D eigenvalue weighted by Gasteiger charge is -2.28. The summed E-state index contributed by atoms with van der Waals surface area (Å²) in [7, 11) is 2.03. The topological polar surface area (TPSA) is 60.2 Å². The van der Waals surface area contributed by atoms with Crippen LogP contribution in [-0.2, 0) is 11.2 Å². The van der Waals surface area contributed by atoms with Crippen molar-refractivity contribution in [3.63, 3.8) is 0 Å². The normalized spacial score (nSPS) is 31.7. The highest BCUT2D eigenvalue weighted by Gasteiger charge is 2.43.